The molecule has 6 heteroatoms. The van der Waals surface area contributed by atoms with Gasteiger partial charge in [-0.1, -0.05) is 289 Å². The predicted octanol–water partition coefficient (Wildman–Crippen LogP) is 21.4. The standard InChI is InChI=1S/C65H122O6/c1-4-7-10-13-16-19-22-25-28-30-31-32-33-34-35-36-38-40-43-46-49-52-55-58-64(67)70-61-62(60-69-63(66)57-54-51-48-45-42-39-27-24-21-18-15-12-9-6-3)71-65(68)59-56-53-50-47-44-41-37-29-26-23-20-17-14-11-8-5-2/h24,27,30-31,62H,4-23,25-26,28-29,32-61H2,1-3H3/b27-24-,31-30-. The van der Waals surface area contributed by atoms with Crippen LogP contribution >= 0.6 is 0 Å². The Morgan fingerprint density at radius 2 is 0.465 bits per heavy atom. The van der Waals surface area contributed by atoms with Crippen LogP contribution in [0, 0.1) is 0 Å². The van der Waals surface area contributed by atoms with Gasteiger partial charge in [-0.25, -0.2) is 0 Å². The molecule has 0 rings (SSSR count). The van der Waals surface area contributed by atoms with Gasteiger partial charge in [0.25, 0.3) is 0 Å². The summed E-state index contributed by atoms with van der Waals surface area (Å²) in [5.41, 5.74) is 0. The first kappa shape index (κ1) is 68.9. The van der Waals surface area contributed by atoms with E-state index in [0.29, 0.717) is 19.3 Å². The summed E-state index contributed by atoms with van der Waals surface area (Å²) in [5, 5.41) is 0. The molecule has 0 aliphatic rings. The lowest BCUT2D eigenvalue weighted by molar-refractivity contribution is -0.167. The van der Waals surface area contributed by atoms with E-state index in [1.807, 2.05) is 0 Å². The lowest BCUT2D eigenvalue weighted by Crippen LogP contribution is -2.30. The van der Waals surface area contributed by atoms with E-state index in [9.17, 15) is 14.4 Å². The van der Waals surface area contributed by atoms with Crippen molar-refractivity contribution >= 4 is 17.9 Å². The maximum atomic E-state index is 12.9. The fourth-order valence-electron chi connectivity index (χ4n) is 9.61. The predicted molar refractivity (Wildman–Crippen MR) is 307 cm³/mol. The lowest BCUT2D eigenvalue weighted by atomic mass is 10.0. The molecular weight excluding hydrogens is 877 g/mol. The maximum Gasteiger partial charge on any atom is 0.306 e. The van der Waals surface area contributed by atoms with Gasteiger partial charge >= 0.3 is 17.9 Å². The number of hydrogen-bond donors (Lipinski definition) is 0. The van der Waals surface area contributed by atoms with Crippen LogP contribution in [0.4, 0.5) is 0 Å². The van der Waals surface area contributed by atoms with Crippen LogP contribution in [0.2, 0.25) is 0 Å². The van der Waals surface area contributed by atoms with Gasteiger partial charge in [-0.2, -0.15) is 0 Å². The van der Waals surface area contributed by atoms with Crippen molar-refractivity contribution in [3.63, 3.8) is 0 Å². The van der Waals surface area contributed by atoms with Crippen LogP contribution in [0.15, 0.2) is 24.3 Å². The third-order valence-corrected chi connectivity index (χ3v) is 14.4. The maximum absolute atomic E-state index is 12.9. The monoisotopic (exact) mass is 999 g/mol. The number of carbonyl (C=O) groups is 3. The summed E-state index contributed by atoms with van der Waals surface area (Å²) in [6, 6.07) is 0. The lowest BCUT2D eigenvalue weighted by Gasteiger charge is -2.18. The minimum Gasteiger partial charge on any atom is -0.462 e. The van der Waals surface area contributed by atoms with Gasteiger partial charge in [-0.3, -0.25) is 14.4 Å². The molecule has 0 aromatic heterocycles. The van der Waals surface area contributed by atoms with Gasteiger partial charge in [0.2, 0.25) is 0 Å². The highest BCUT2D eigenvalue weighted by Gasteiger charge is 2.19. The summed E-state index contributed by atoms with van der Waals surface area (Å²) >= 11 is 0. The molecule has 71 heavy (non-hydrogen) atoms. The third kappa shape index (κ3) is 58.7. The van der Waals surface area contributed by atoms with Gasteiger partial charge in [0, 0.05) is 19.3 Å². The number of hydrogen-bond acceptors (Lipinski definition) is 6. The summed E-state index contributed by atoms with van der Waals surface area (Å²) in [5.74, 6) is -0.853. The van der Waals surface area contributed by atoms with Crippen LogP contribution in [0.25, 0.3) is 0 Å². The number of allylic oxidation sites excluding steroid dienone is 4. The molecular formula is C65H122O6. The fourth-order valence-corrected chi connectivity index (χ4v) is 9.61. The van der Waals surface area contributed by atoms with E-state index >= 15 is 0 Å². The highest BCUT2D eigenvalue weighted by Crippen LogP contribution is 2.17. The zero-order valence-electron chi connectivity index (χ0n) is 48.0. The largest absolute Gasteiger partial charge is 0.462 e. The molecule has 0 aromatic rings. The molecule has 0 saturated carbocycles. The Morgan fingerprint density at radius 3 is 0.704 bits per heavy atom. The summed E-state index contributed by atoms with van der Waals surface area (Å²) < 4.78 is 16.9. The first-order valence-corrected chi connectivity index (χ1v) is 31.8. The molecule has 418 valence electrons. The third-order valence-electron chi connectivity index (χ3n) is 14.4. The average Bonchev–Trinajstić information content (AvgIpc) is 3.37. The van der Waals surface area contributed by atoms with Crippen molar-refractivity contribution in [2.75, 3.05) is 13.2 Å². The van der Waals surface area contributed by atoms with Crippen LogP contribution in [-0.4, -0.2) is 37.2 Å². The van der Waals surface area contributed by atoms with Crippen LogP contribution in [0.1, 0.15) is 355 Å². The minimum atomic E-state index is -0.771. The average molecular weight is 1000 g/mol. The molecule has 0 bridgehead atoms. The fraction of sp³-hybridized carbons (Fsp3) is 0.892. The highest BCUT2D eigenvalue weighted by molar-refractivity contribution is 5.71. The van der Waals surface area contributed by atoms with Crippen molar-refractivity contribution in [2.45, 2.75) is 361 Å². The smallest absolute Gasteiger partial charge is 0.306 e. The molecule has 0 heterocycles. The molecule has 1 unspecified atom stereocenters. The van der Waals surface area contributed by atoms with E-state index in [1.165, 1.54) is 250 Å². The van der Waals surface area contributed by atoms with Gasteiger partial charge < -0.3 is 14.2 Å². The molecule has 0 spiro atoms. The van der Waals surface area contributed by atoms with Crippen molar-refractivity contribution in [3.05, 3.63) is 24.3 Å². The van der Waals surface area contributed by atoms with Gasteiger partial charge in [0.15, 0.2) is 6.10 Å². The van der Waals surface area contributed by atoms with Crippen LogP contribution in [-0.2, 0) is 28.6 Å². The Hall–Kier alpha value is -2.11. The number of rotatable bonds is 59. The van der Waals surface area contributed by atoms with Crippen molar-refractivity contribution < 1.29 is 28.6 Å². The van der Waals surface area contributed by atoms with Gasteiger partial charge in [-0.05, 0) is 70.6 Å². The zero-order chi connectivity index (χ0) is 51.4. The molecule has 0 fully saturated rings. The first-order chi connectivity index (χ1) is 35.0. The molecule has 1 atom stereocenters. The van der Waals surface area contributed by atoms with E-state index in [0.717, 1.165) is 64.2 Å². The van der Waals surface area contributed by atoms with E-state index < -0.39 is 6.10 Å². The molecule has 0 aliphatic heterocycles. The van der Waals surface area contributed by atoms with E-state index in [4.69, 9.17) is 14.2 Å². The van der Waals surface area contributed by atoms with Crippen molar-refractivity contribution in [1.82, 2.24) is 0 Å². The number of unbranched alkanes of at least 4 members (excludes halogenated alkanes) is 44. The second-order valence-corrected chi connectivity index (χ2v) is 21.7. The van der Waals surface area contributed by atoms with Crippen molar-refractivity contribution in [2.24, 2.45) is 0 Å². The number of carbonyl (C=O) groups excluding carboxylic acids is 3. The Labute approximate surface area is 443 Å². The topological polar surface area (TPSA) is 78.9 Å². The number of ether oxygens (including phenoxy) is 3. The zero-order valence-corrected chi connectivity index (χ0v) is 48.0. The summed E-state index contributed by atoms with van der Waals surface area (Å²) in [7, 11) is 0. The second kappa shape index (κ2) is 60.4. The molecule has 0 saturated heterocycles. The molecule has 0 amide bonds. The van der Waals surface area contributed by atoms with Crippen LogP contribution in [0.5, 0.6) is 0 Å². The normalized spacial score (nSPS) is 12.1. The highest BCUT2D eigenvalue weighted by atomic mass is 16.6. The second-order valence-electron chi connectivity index (χ2n) is 21.7. The number of esters is 3. The van der Waals surface area contributed by atoms with Gasteiger partial charge in [0.05, 0.1) is 0 Å². The minimum absolute atomic E-state index is 0.0693. The molecule has 6 nitrogen and oxygen atoms in total. The van der Waals surface area contributed by atoms with Gasteiger partial charge in [-0.15, -0.1) is 0 Å². The summed E-state index contributed by atoms with van der Waals surface area (Å²) in [6.45, 7) is 6.69. The molecule has 0 N–H and O–H groups in total. The molecule has 0 aromatic carbocycles. The molecule has 0 radical (unpaired) electrons. The summed E-state index contributed by atoms with van der Waals surface area (Å²) in [4.78, 5) is 38.3. The van der Waals surface area contributed by atoms with E-state index in [2.05, 4.69) is 45.1 Å². The van der Waals surface area contributed by atoms with Gasteiger partial charge in [0.1, 0.15) is 13.2 Å². The Morgan fingerprint density at radius 1 is 0.268 bits per heavy atom. The van der Waals surface area contributed by atoms with E-state index in [1.54, 1.807) is 0 Å². The van der Waals surface area contributed by atoms with Crippen molar-refractivity contribution in [1.29, 1.82) is 0 Å². The Bertz CT molecular complexity index is 1150. The SMILES string of the molecule is CCCCCCC/C=C\CCCCCCCC(=O)OCC(COC(=O)CCCCCCCCCCCCC/C=C\CCCCCCCCCC)OC(=O)CCCCCCCCCCCCCCCCCC. The Balaban J connectivity index is 4.27. The Kier molecular flexibility index (Phi) is 58.6. The molecule has 0 aliphatic carbocycles. The van der Waals surface area contributed by atoms with Crippen LogP contribution < -0.4 is 0 Å². The first-order valence-electron chi connectivity index (χ1n) is 31.8. The van der Waals surface area contributed by atoms with Crippen LogP contribution in [0.3, 0.4) is 0 Å². The summed E-state index contributed by atoms with van der Waals surface area (Å²) in [6.07, 6.45) is 71.8. The van der Waals surface area contributed by atoms with Crippen molar-refractivity contribution in [3.8, 4) is 0 Å². The quantitative estimate of drug-likeness (QED) is 0.0261. The van der Waals surface area contributed by atoms with E-state index in [-0.39, 0.29) is 31.1 Å².